The minimum Gasteiger partial charge on any atom is -0.326 e. The van der Waals surface area contributed by atoms with E-state index >= 15 is 0 Å². The van der Waals surface area contributed by atoms with E-state index in [2.05, 4.69) is 15.5 Å². The molecule has 1 amide bonds. The van der Waals surface area contributed by atoms with E-state index in [0.29, 0.717) is 12.8 Å². The Kier molecular flexibility index (Phi) is 4.00. The third-order valence-corrected chi connectivity index (χ3v) is 3.30. The van der Waals surface area contributed by atoms with Crippen molar-refractivity contribution >= 4 is 11.6 Å². The van der Waals surface area contributed by atoms with Gasteiger partial charge in [-0.1, -0.05) is 6.07 Å². The van der Waals surface area contributed by atoms with Crippen LogP contribution in [-0.4, -0.2) is 25.5 Å². The molecule has 0 radical (unpaired) electrons. The Labute approximate surface area is 128 Å². The Morgan fingerprint density at radius 1 is 1.27 bits per heavy atom. The molecule has 3 aromatic rings. The highest BCUT2D eigenvalue weighted by Gasteiger charge is 2.05. The van der Waals surface area contributed by atoms with Gasteiger partial charge in [-0.3, -0.25) is 9.48 Å². The third kappa shape index (κ3) is 3.41. The highest BCUT2D eigenvalue weighted by molar-refractivity contribution is 5.91. The first-order valence-electron chi connectivity index (χ1n) is 7.08. The Morgan fingerprint density at radius 3 is 2.91 bits per heavy atom. The van der Waals surface area contributed by atoms with E-state index in [1.54, 1.807) is 21.8 Å². The van der Waals surface area contributed by atoms with E-state index < -0.39 is 0 Å². The summed E-state index contributed by atoms with van der Waals surface area (Å²) in [6.07, 6.45) is 8.40. The van der Waals surface area contributed by atoms with Crippen LogP contribution in [-0.2, 0) is 18.3 Å². The molecule has 0 unspecified atom stereocenters. The lowest BCUT2D eigenvalue weighted by Crippen LogP contribution is -2.12. The topological polar surface area (TPSA) is 64.7 Å². The summed E-state index contributed by atoms with van der Waals surface area (Å²) in [6, 6.07) is 9.47. The number of benzene rings is 1. The zero-order valence-electron chi connectivity index (χ0n) is 12.3. The molecule has 3 rings (SSSR count). The van der Waals surface area contributed by atoms with E-state index in [4.69, 9.17) is 0 Å². The maximum atomic E-state index is 12.0. The van der Waals surface area contributed by atoms with Gasteiger partial charge in [0.2, 0.25) is 5.91 Å². The van der Waals surface area contributed by atoms with Crippen LogP contribution >= 0.6 is 0 Å². The van der Waals surface area contributed by atoms with Crippen molar-refractivity contribution in [1.29, 1.82) is 0 Å². The summed E-state index contributed by atoms with van der Waals surface area (Å²) in [6.45, 7) is 0. The number of hydrogen-bond donors (Lipinski definition) is 1. The zero-order chi connectivity index (χ0) is 15.4. The van der Waals surface area contributed by atoms with Crippen LogP contribution < -0.4 is 5.32 Å². The van der Waals surface area contributed by atoms with Crippen LogP contribution in [0.3, 0.4) is 0 Å². The minimum absolute atomic E-state index is 0.0125. The molecule has 6 nitrogen and oxygen atoms in total. The SMILES string of the molecule is Cn1cc(CCC(=O)Nc2cccc(-n3cccn3)c2)cn1. The molecule has 22 heavy (non-hydrogen) atoms. The average Bonchev–Trinajstić information content (AvgIpc) is 3.17. The van der Waals surface area contributed by atoms with Crippen molar-refractivity contribution in [2.75, 3.05) is 5.32 Å². The number of nitrogens with one attached hydrogen (secondary N) is 1. The molecule has 0 saturated heterocycles. The lowest BCUT2D eigenvalue weighted by molar-refractivity contribution is -0.116. The second kappa shape index (κ2) is 6.26. The number of rotatable bonds is 5. The van der Waals surface area contributed by atoms with Gasteiger partial charge in [0, 0.05) is 37.7 Å². The van der Waals surface area contributed by atoms with Crippen LogP contribution in [0.2, 0.25) is 0 Å². The maximum Gasteiger partial charge on any atom is 0.224 e. The quantitative estimate of drug-likeness (QED) is 0.784. The van der Waals surface area contributed by atoms with Crippen molar-refractivity contribution in [2.45, 2.75) is 12.8 Å². The van der Waals surface area contributed by atoms with Crippen LogP contribution in [0.5, 0.6) is 0 Å². The van der Waals surface area contributed by atoms with Gasteiger partial charge in [-0.15, -0.1) is 0 Å². The summed E-state index contributed by atoms with van der Waals surface area (Å²) >= 11 is 0. The number of hydrogen-bond acceptors (Lipinski definition) is 3. The largest absolute Gasteiger partial charge is 0.326 e. The Bertz CT molecular complexity index is 760. The molecule has 0 saturated carbocycles. The molecule has 2 aromatic heterocycles. The lowest BCUT2D eigenvalue weighted by atomic mass is 10.2. The molecule has 6 heteroatoms. The Balaban J connectivity index is 1.60. The molecule has 1 N–H and O–H groups in total. The maximum absolute atomic E-state index is 12.0. The Morgan fingerprint density at radius 2 is 2.18 bits per heavy atom. The second-order valence-corrected chi connectivity index (χ2v) is 5.07. The standard InChI is InChI=1S/C16H17N5O/c1-20-12-13(11-18-20)6-7-16(22)19-14-4-2-5-15(10-14)21-9-3-8-17-21/h2-5,8-12H,6-7H2,1H3,(H,19,22). The number of carbonyl (C=O) groups is 1. The van der Waals surface area contributed by atoms with Crippen molar-refractivity contribution in [3.8, 4) is 5.69 Å². The second-order valence-electron chi connectivity index (χ2n) is 5.07. The first kappa shape index (κ1) is 14.1. The monoisotopic (exact) mass is 295 g/mol. The predicted octanol–water partition coefficient (Wildman–Crippen LogP) is 2.18. The fourth-order valence-electron chi connectivity index (χ4n) is 2.23. The van der Waals surface area contributed by atoms with Gasteiger partial charge in [0.25, 0.3) is 0 Å². The third-order valence-electron chi connectivity index (χ3n) is 3.30. The van der Waals surface area contributed by atoms with Crippen molar-refractivity contribution < 1.29 is 4.79 Å². The van der Waals surface area contributed by atoms with Crippen molar-refractivity contribution in [3.63, 3.8) is 0 Å². The summed E-state index contributed by atoms with van der Waals surface area (Å²) < 4.78 is 3.49. The highest BCUT2D eigenvalue weighted by atomic mass is 16.1. The summed E-state index contributed by atoms with van der Waals surface area (Å²) in [4.78, 5) is 12.0. The lowest BCUT2D eigenvalue weighted by Gasteiger charge is -2.07. The first-order valence-corrected chi connectivity index (χ1v) is 7.08. The summed E-state index contributed by atoms with van der Waals surface area (Å²) in [5.74, 6) is -0.0125. The molecular formula is C16H17N5O. The number of anilines is 1. The van der Waals surface area contributed by atoms with Crippen LogP contribution in [0.15, 0.2) is 55.1 Å². The van der Waals surface area contributed by atoms with E-state index in [1.807, 2.05) is 49.8 Å². The molecule has 2 heterocycles. The van der Waals surface area contributed by atoms with Gasteiger partial charge in [-0.25, -0.2) is 4.68 Å². The summed E-state index contributed by atoms with van der Waals surface area (Å²) in [5, 5.41) is 11.2. The van der Waals surface area contributed by atoms with Crippen LogP contribution in [0, 0.1) is 0 Å². The van der Waals surface area contributed by atoms with Gasteiger partial charge in [0.15, 0.2) is 0 Å². The van der Waals surface area contributed by atoms with Crippen molar-refractivity contribution in [2.24, 2.45) is 7.05 Å². The highest BCUT2D eigenvalue weighted by Crippen LogP contribution is 2.14. The van der Waals surface area contributed by atoms with Gasteiger partial charge in [0.1, 0.15) is 0 Å². The number of carbonyl (C=O) groups excluding carboxylic acids is 1. The van der Waals surface area contributed by atoms with Crippen molar-refractivity contribution in [1.82, 2.24) is 19.6 Å². The fraction of sp³-hybridized carbons (Fsp3) is 0.188. The minimum atomic E-state index is -0.0125. The molecule has 0 aliphatic rings. The summed E-state index contributed by atoms with van der Waals surface area (Å²) in [7, 11) is 1.87. The van der Waals surface area contributed by atoms with Gasteiger partial charge in [0.05, 0.1) is 11.9 Å². The molecule has 0 aliphatic carbocycles. The van der Waals surface area contributed by atoms with Gasteiger partial charge < -0.3 is 5.32 Å². The molecule has 0 bridgehead atoms. The van der Waals surface area contributed by atoms with Crippen LogP contribution in [0.4, 0.5) is 5.69 Å². The fourth-order valence-corrected chi connectivity index (χ4v) is 2.23. The normalized spacial score (nSPS) is 10.6. The first-order chi connectivity index (χ1) is 10.7. The van der Waals surface area contributed by atoms with Crippen LogP contribution in [0.1, 0.15) is 12.0 Å². The van der Waals surface area contributed by atoms with E-state index in [9.17, 15) is 4.79 Å². The van der Waals surface area contributed by atoms with E-state index in [1.165, 1.54) is 0 Å². The smallest absolute Gasteiger partial charge is 0.224 e. The van der Waals surface area contributed by atoms with Gasteiger partial charge in [-0.05, 0) is 36.2 Å². The van der Waals surface area contributed by atoms with Gasteiger partial charge >= 0.3 is 0 Å². The molecular weight excluding hydrogens is 278 g/mol. The molecule has 0 fully saturated rings. The molecule has 0 atom stereocenters. The molecule has 0 aliphatic heterocycles. The van der Waals surface area contributed by atoms with Crippen LogP contribution in [0.25, 0.3) is 5.69 Å². The van der Waals surface area contributed by atoms with Crippen molar-refractivity contribution in [3.05, 3.63) is 60.7 Å². The van der Waals surface area contributed by atoms with E-state index in [0.717, 1.165) is 16.9 Å². The number of amides is 1. The summed E-state index contributed by atoms with van der Waals surface area (Å²) in [5.41, 5.74) is 2.74. The number of nitrogens with zero attached hydrogens (tertiary/aromatic N) is 4. The van der Waals surface area contributed by atoms with E-state index in [-0.39, 0.29) is 5.91 Å². The predicted molar refractivity (Wildman–Crippen MR) is 83.7 cm³/mol. The zero-order valence-corrected chi connectivity index (χ0v) is 12.3. The molecule has 0 spiro atoms. The molecule has 112 valence electrons. The van der Waals surface area contributed by atoms with Gasteiger partial charge in [-0.2, -0.15) is 10.2 Å². The number of aryl methyl sites for hydroxylation is 2. The Hall–Kier alpha value is -2.89. The number of aromatic nitrogens is 4. The average molecular weight is 295 g/mol. The molecule has 1 aromatic carbocycles.